The average Bonchev–Trinajstić information content (AvgIpc) is 2.54. The molecule has 1 aliphatic rings. The number of rotatable bonds is 5. The summed E-state index contributed by atoms with van der Waals surface area (Å²) in [5, 5.41) is 5.60. The molecule has 2 amide bonds. The zero-order chi connectivity index (χ0) is 14.9. The van der Waals surface area contributed by atoms with Gasteiger partial charge in [-0.2, -0.15) is 0 Å². The lowest BCUT2D eigenvalue weighted by molar-refractivity contribution is 0.243. The van der Waals surface area contributed by atoms with E-state index in [1.807, 2.05) is 24.3 Å². The van der Waals surface area contributed by atoms with E-state index in [4.69, 9.17) is 4.74 Å². The average molecular weight is 288 g/mol. The Labute approximate surface area is 126 Å². The highest BCUT2D eigenvalue weighted by Gasteiger charge is 2.09. The van der Waals surface area contributed by atoms with Crippen LogP contribution in [0.4, 0.5) is 4.79 Å². The first kappa shape index (κ1) is 15.4. The Morgan fingerprint density at radius 1 is 1.29 bits per heavy atom. The molecule has 1 saturated carbocycles. The molecule has 0 aliphatic heterocycles. The molecule has 0 bridgehead atoms. The van der Waals surface area contributed by atoms with E-state index in [0.717, 1.165) is 11.3 Å². The van der Waals surface area contributed by atoms with Gasteiger partial charge in [-0.1, -0.05) is 43.5 Å². The number of hydrogen-bond acceptors (Lipinski definition) is 2. The van der Waals surface area contributed by atoms with Crippen LogP contribution in [0.25, 0.3) is 0 Å². The van der Waals surface area contributed by atoms with Crippen molar-refractivity contribution in [2.75, 3.05) is 7.11 Å². The number of para-hydroxylation sites is 1. The van der Waals surface area contributed by atoms with Crippen molar-refractivity contribution < 1.29 is 9.53 Å². The largest absolute Gasteiger partial charge is 0.496 e. The molecule has 1 aromatic rings. The molecule has 1 aliphatic carbocycles. The molecule has 0 aromatic heterocycles. The van der Waals surface area contributed by atoms with Gasteiger partial charge in [0, 0.05) is 18.3 Å². The highest BCUT2D eigenvalue weighted by molar-refractivity contribution is 5.74. The van der Waals surface area contributed by atoms with Crippen LogP contribution in [0.3, 0.4) is 0 Å². The molecule has 1 aromatic carbocycles. The summed E-state index contributed by atoms with van der Waals surface area (Å²) >= 11 is 0. The van der Waals surface area contributed by atoms with Gasteiger partial charge in [0.1, 0.15) is 5.75 Å². The summed E-state index contributed by atoms with van der Waals surface area (Å²) < 4.78 is 5.25. The second-order valence-electron chi connectivity index (χ2n) is 5.40. The Hall–Kier alpha value is -1.97. The van der Waals surface area contributed by atoms with Crippen molar-refractivity contribution >= 4 is 6.03 Å². The van der Waals surface area contributed by atoms with Gasteiger partial charge in [-0.3, -0.25) is 0 Å². The number of ether oxygens (including phenoxy) is 1. The minimum Gasteiger partial charge on any atom is -0.496 e. The van der Waals surface area contributed by atoms with E-state index in [9.17, 15) is 4.79 Å². The van der Waals surface area contributed by atoms with Crippen LogP contribution in [-0.4, -0.2) is 13.1 Å². The predicted molar refractivity (Wildman–Crippen MR) is 84.1 cm³/mol. The van der Waals surface area contributed by atoms with Gasteiger partial charge < -0.3 is 15.4 Å². The quantitative estimate of drug-likeness (QED) is 0.870. The summed E-state index contributed by atoms with van der Waals surface area (Å²) in [6, 6.07) is 7.48. The van der Waals surface area contributed by atoms with Crippen molar-refractivity contribution in [1.29, 1.82) is 0 Å². The maximum Gasteiger partial charge on any atom is 0.319 e. The van der Waals surface area contributed by atoms with E-state index in [-0.39, 0.29) is 6.03 Å². The van der Waals surface area contributed by atoms with Crippen LogP contribution >= 0.6 is 0 Å². The number of hydrogen-bond donors (Lipinski definition) is 2. The van der Waals surface area contributed by atoms with Gasteiger partial charge in [0.05, 0.1) is 7.11 Å². The van der Waals surface area contributed by atoms with Gasteiger partial charge in [-0.15, -0.1) is 0 Å². The number of benzene rings is 1. The highest BCUT2D eigenvalue weighted by Crippen LogP contribution is 2.24. The maximum atomic E-state index is 11.7. The fourth-order valence-corrected chi connectivity index (χ4v) is 2.66. The standard InChI is InChI=1S/C17H24N2O2/c1-21-16-10-6-5-9-15(16)13-19-17(20)18-12-11-14-7-3-2-4-8-14/h5-6,9-12,14H,2-4,7-8,13H2,1H3,(H2,18,19,20)/b12-11+. The second-order valence-corrected chi connectivity index (χ2v) is 5.40. The van der Waals surface area contributed by atoms with Gasteiger partial charge in [-0.25, -0.2) is 4.79 Å². The third-order valence-electron chi connectivity index (χ3n) is 3.86. The lowest BCUT2D eigenvalue weighted by Crippen LogP contribution is -2.31. The highest BCUT2D eigenvalue weighted by atomic mass is 16.5. The Morgan fingerprint density at radius 3 is 2.81 bits per heavy atom. The van der Waals surface area contributed by atoms with Gasteiger partial charge in [0.25, 0.3) is 0 Å². The monoisotopic (exact) mass is 288 g/mol. The van der Waals surface area contributed by atoms with E-state index in [1.165, 1.54) is 32.1 Å². The molecule has 0 unspecified atom stereocenters. The number of allylic oxidation sites excluding steroid dienone is 1. The van der Waals surface area contributed by atoms with Crippen LogP contribution in [0, 0.1) is 5.92 Å². The SMILES string of the molecule is COc1ccccc1CNC(=O)N/C=C/C1CCCCC1. The minimum atomic E-state index is -0.187. The number of amides is 2. The number of carbonyl (C=O) groups is 1. The lowest BCUT2D eigenvalue weighted by Gasteiger charge is -2.17. The van der Waals surface area contributed by atoms with Crippen molar-refractivity contribution in [2.24, 2.45) is 5.92 Å². The molecule has 4 nitrogen and oxygen atoms in total. The first-order valence-corrected chi connectivity index (χ1v) is 7.62. The summed E-state index contributed by atoms with van der Waals surface area (Å²) in [5.41, 5.74) is 0.964. The molecule has 21 heavy (non-hydrogen) atoms. The fraction of sp³-hybridized carbons (Fsp3) is 0.471. The van der Waals surface area contributed by atoms with Gasteiger partial charge in [0.15, 0.2) is 0 Å². The van der Waals surface area contributed by atoms with Crippen LogP contribution in [0.1, 0.15) is 37.7 Å². The fourth-order valence-electron chi connectivity index (χ4n) is 2.66. The Bertz CT molecular complexity index is 479. The molecule has 0 saturated heterocycles. The second kappa shape index (κ2) is 8.35. The third kappa shape index (κ3) is 5.14. The van der Waals surface area contributed by atoms with Crippen molar-refractivity contribution in [3.8, 4) is 5.75 Å². The molecular formula is C17H24N2O2. The maximum absolute atomic E-state index is 11.7. The van der Waals surface area contributed by atoms with Crippen LogP contribution in [-0.2, 0) is 6.54 Å². The topological polar surface area (TPSA) is 50.4 Å². The van der Waals surface area contributed by atoms with E-state index in [0.29, 0.717) is 12.5 Å². The number of carbonyl (C=O) groups excluding carboxylic acids is 1. The van der Waals surface area contributed by atoms with Crippen LogP contribution in [0.15, 0.2) is 36.5 Å². The van der Waals surface area contributed by atoms with Crippen LogP contribution < -0.4 is 15.4 Å². The number of nitrogens with one attached hydrogen (secondary N) is 2. The molecule has 1 fully saturated rings. The van der Waals surface area contributed by atoms with Crippen molar-refractivity contribution in [1.82, 2.24) is 10.6 Å². The van der Waals surface area contributed by atoms with Crippen LogP contribution in [0.5, 0.6) is 5.75 Å². The van der Waals surface area contributed by atoms with Crippen molar-refractivity contribution in [3.05, 3.63) is 42.1 Å². The number of urea groups is 1. The molecule has 0 atom stereocenters. The first-order chi connectivity index (χ1) is 10.3. The molecule has 0 heterocycles. The summed E-state index contributed by atoms with van der Waals surface area (Å²) in [7, 11) is 1.63. The van der Waals surface area contributed by atoms with Gasteiger partial charge in [0.2, 0.25) is 0 Å². The van der Waals surface area contributed by atoms with E-state index < -0.39 is 0 Å². The molecule has 2 N–H and O–H groups in total. The lowest BCUT2D eigenvalue weighted by atomic mass is 9.89. The van der Waals surface area contributed by atoms with E-state index in [1.54, 1.807) is 13.3 Å². The summed E-state index contributed by atoms with van der Waals surface area (Å²) in [6.07, 6.45) is 10.3. The Morgan fingerprint density at radius 2 is 2.05 bits per heavy atom. The summed E-state index contributed by atoms with van der Waals surface area (Å²) in [4.78, 5) is 11.7. The van der Waals surface area contributed by atoms with Crippen molar-refractivity contribution in [3.63, 3.8) is 0 Å². The van der Waals surface area contributed by atoms with Gasteiger partial charge in [-0.05, 0) is 24.8 Å². The van der Waals surface area contributed by atoms with Crippen LogP contribution in [0.2, 0.25) is 0 Å². The Balaban J connectivity index is 1.73. The van der Waals surface area contributed by atoms with E-state index >= 15 is 0 Å². The molecule has 4 heteroatoms. The zero-order valence-electron chi connectivity index (χ0n) is 12.6. The molecule has 0 radical (unpaired) electrons. The molecule has 0 spiro atoms. The normalized spacial score (nSPS) is 15.9. The minimum absolute atomic E-state index is 0.187. The van der Waals surface area contributed by atoms with E-state index in [2.05, 4.69) is 16.7 Å². The molecular weight excluding hydrogens is 264 g/mol. The third-order valence-corrected chi connectivity index (χ3v) is 3.86. The molecule has 114 valence electrons. The Kier molecular flexibility index (Phi) is 6.13. The smallest absolute Gasteiger partial charge is 0.319 e. The summed E-state index contributed by atoms with van der Waals surface area (Å²) in [6.45, 7) is 0.452. The van der Waals surface area contributed by atoms with Gasteiger partial charge >= 0.3 is 6.03 Å². The predicted octanol–water partition coefficient (Wildman–Crippen LogP) is 3.59. The van der Waals surface area contributed by atoms with Crippen molar-refractivity contribution in [2.45, 2.75) is 38.6 Å². The first-order valence-electron chi connectivity index (χ1n) is 7.62. The molecule has 2 rings (SSSR count). The summed E-state index contributed by atoms with van der Waals surface area (Å²) in [5.74, 6) is 1.41. The number of methoxy groups -OCH3 is 1. The zero-order valence-corrected chi connectivity index (χ0v) is 12.6.